The van der Waals surface area contributed by atoms with Crippen LogP contribution in [0.5, 0.6) is 5.75 Å². The van der Waals surface area contributed by atoms with E-state index in [4.69, 9.17) is 27.9 Å². The Bertz CT molecular complexity index is 693. The number of aliphatic carboxylic acids is 1. The molecule has 0 radical (unpaired) electrons. The number of fused-ring (bicyclic) bond motifs is 1. The van der Waals surface area contributed by atoms with E-state index in [0.717, 1.165) is 0 Å². The minimum absolute atomic E-state index is 0.299. The van der Waals surface area contributed by atoms with Gasteiger partial charge in [-0.15, -0.1) is 0 Å². The minimum atomic E-state index is -1.00. The van der Waals surface area contributed by atoms with Crippen molar-refractivity contribution in [3.63, 3.8) is 0 Å². The molecule has 21 heavy (non-hydrogen) atoms. The smallest absolute Gasteiger partial charge is 0.344 e. The highest BCUT2D eigenvalue weighted by atomic mass is 127. The second-order valence-electron chi connectivity index (χ2n) is 4.43. The first-order valence-electron chi connectivity index (χ1n) is 6.27. The second kappa shape index (κ2) is 6.98. The number of carbonyl (C=O) groups is 1. The third kappa shape index (κ3) is 3.70. The summed E-state index contributed by atoms with van der Waals surface area (Å²) in [4.78, 5) is 15.5. The van der Waals surface area contributed by atoms with Gasteiger partial charge in [0, 0.05) is 5.39 Å². The number of hydrogen-bond acceptors (Lipinski definition) is 3. The van der Waals surface area contributed by atoms with Gasteiger partial charge in [0.05, 0.1) is 8.59 Å². The van der Waals surface area contributed by atoms with Gasteiger partial charge in [0.1, 0.15) is 10.7 Å². The molecule has 0 aliphatic heterocycles. The summed E-state index contributed by atoms with van der Waals surface area (Å²) < 4.78 is 6.38. The van der Waals surface area contributed by atoms with Gasteiger partial charge in [-0.25, -0.2) is 9.78 Å². The number of rotatable bonds is 5. The Morgan fingerprint density at radius 3 is 2.81 bits per heavy atom. The van der Waals surface area contributed by atoms with E-state index in [0.29, 0.717) is 43.2 Å². The number of benzene rings is 1. The van der Waals surface area contributed by atoms with Crippen molar-refractivity contribution >= 4 is 62.7 Å². The van der Waals surface area contributed by atoms with Gasteiger partial charge in [-0.05, 0) is 47.2 Å². The van der Waals surface area contributed by atoms with Crippen LogP contribution in [0, 0.1) is 3.57 Å². The Labute approximate surface area is 145 Å². The fourth-order valence-corrected chi connectivity index (χ4v) is 3.21. The van der Waals surface area contributed by atoms with Crippen LogP contribution in [0.4, 0.5) is 0 Å². The van der Waals surface area contributed by atoms with Gasteiger partial charge >= 0.3 is 5.97 Å². The highest BCUT2D eigenvalue weighted by molar-refractivity contribution is 14.1. The maximum absolute atomic E-state index is 11.3. The van der Waals surface area contributed by atoms with E-state index in [1.807, 2.05) is 29.5 Å². The Kier molecular flexibility index (Phi) is 5.51. The van der Waals surface area contributed by atoms with E-state index in [2.05, 4.69) is 4.98 Å². The molecule has 0 saturated carbocycles. The van der Waals surface area contributed by atoms with Crippen LogP contribution in [0.25, 0.3) is 10.9 Å². The van der Waals surface area contributed by atoms with Crippen molar-refractivity contribution in [2.45, 2.75) is 25.9 Å². The number of carboxylic acids is 1. The lowest BCUT2D eigenvalue weighted by molar-refractivity contribution is -0.145. The molecule has 112 valence electrons. The Hall–Kier alpha value is -0.790. The van der Waals surface area contributed by atoms with Crippen molar-refractivity contribution in [1.82, 2.24) is 4.98 Å². The topological polar surface area (TPSA) is 59.4 Å². The van der Waals surface area contributed by atoms with Gasteiger partial charge in [0.15, 0.2) is 11.9 Å². The molecule has 4 nitrogen and oxygen atoms in total. The lowest BCUT2D eigenvalue weighted by Crippen LogP contribution is -2.27. The highest BCUT2D eigenvalue weighted by Gasteiger charge is 2.22. The van der Waals surface area contributed by atoms with Crippen LogP contribution in [0.1, 0.15) is 19.8 Å². The zero-order valence-electron chi connectivity index (χ0n) is 11.1. The zero-order chi connectivity index (χ0) is 15.6. The van der Waals surface area contributed by atoms with Gasteiger partial charge in [-0.3, -0.25) is 0 Å². The first-order chi connectivity index (χ1) is 9.93. The van der Waals surface area contributed by atoms with Gasteiger partial charge < -0.3 is 9.84 Å². The molecule has 0 aliphatic rings. The predicted octanol–water partition coefficient (Wildman–Crippen LogP) is 4.78. The van der Waals surface area contributed by atoms with Gasteiger partial charge in [0.25, 0.3) is 0 Å². The fraction of sp³-hybridized carbons (Fsp3) is 0.286. The van der Waals surface area contributed by atoms with Crippen LogP contribution >= 0.6 is 45.8 Å². The predicted molar refractivity (Wildman–Crippen MR) is 91.4 cm³/mol. The van der Waals surface area contributed by atoms with Crippen LogP contribution in [0.15, 0.2) is 18.2 Å². The van der Waals surface area contributed by atoms with E-state index in [1.165, 1.54) is 0 Å². The summed E-state index contributed by atoms with van der Waals surface area (Å²) in [6.07, 6.45) is 0.192. The largest absolute Gasteiger partial charge is 0.479 e. The first kappa shape index (κ1) is 16.6. The molecule has 1 N–H and O–H groups in total. The van der Waals surface area contributed by atoms with Crippen molar-refractivity contribution in [2.75, 3.05) is 0 Å². The Morgan fingerprint density at radius 2 is 2.19 bits per heavy atom. The molecule has 0 amide bonds. The molecule has 0 spiro atoms. The van der Waals surface area contributed by atoms with Gasteiger partial charge in [-0.1, -0.05) is 36.5 Å². The standard InChI is InChI=1S/C14H12Cl2INO3/c1-2-3-10(14(19)20)21-13-9(17)6-8(15)7-4-5-11(16)18-12(7)13/h4-6,10H,2-3H2,1H3,(H,19,20). The van der Waals surface area contributed by atoms with Crippen molar-refractivity contribution in [3.8, 4) is 5.75 Å². The molecule has 0 bridgehead atoms. The van der Waals surface area contributed by atoms with Crippen LogP contribution in [-0.2, 0) is 4.79 Å². The van der Waals surface area contributed by atoms with E-state index in [-0.39, 0.29) is 0 Å². The molecular weight excluding hydrogens is 428 g/mol. The van der Waals surface area contributed by atoms with Crippen LogP contribution in [-0.4, -0.2) is 22.2 Å². The molecule has 0 aliphatic carbocycles. The molecule has 1 atom stereocenters. The summed E-state index contributed by atoms with van der Waals surface area (Å²) >= 11 is 14.2. The SMILES string of the molecule is CCCC(Oc1c(I)cc(Cl)c2ccc(Cl)nc12)C(=O)O. The molecule has 1 unspecified atom stereocenters. The van der Waals surface area contributed by atoms with Crippen molar-refractivity contribution in [2.24, 2.45) is 0 Å². The summed E-state index contributed by atoms with van der Waals surface area (Å²) in [6, 6.07) is 5.10. The number of carboxylic acid groups (broad SMARTS) is 1. The van der Waals surface area contributed by atoms with Gasteiger partial charge in [0.2, 0.25) is 0 Å². The maximum Gasteiger partial charge on any atom is 0.344 e. The number of halogens is 3. The van der Waals surface area contributed by atoms with Crippen LogP contribution in [0.3, 0.4) is 0 Å². The number of ether oxygens (including phenoxy) is 1. The quantitative estimate of drug-likeness (QED) is 0.538. The van der Waals surface area contributed by atoms with Crippen LogP contribution in [0.2, 0.25) is 10.2 Å². The van der Waals surface area contributed by atoms with Crippen molar-refractivity contribution in [1.29, 1.82) is 0 Å². The summed E-state index contributed by atoms with van der Waals surface area (Å²) in [5.74, 6) is -0.601. The van der Waals surface area contributed by atoms with E-state index in [9.17, 15) is 9.90 Å². The molecule has 2 rings (SSSR count). The molecule has 1 heterocycles. The molecule has 7 heteroatoms. The minimum Gasteiger partial charge on any atom is -0.479 e. The second-order valence-corrected chi connectivity index (χ2v) is 6.39. The monoisotopic (exact) mass is 439 g/mol. The third-order valence-corrected chi connectivity index (χ3v) is 4.21. The van der Waals surface area contributed by atoms with E-state index < -0.39 is 12.1 Å². The van der Waals surface area contributed by atoms with Crippen molar-refractivity contribution < 1.29 is 14.6 Å². The molecular formula is C14H12Cl2INO3. The molecule has 0 saturated heterocycles. The average molecular weight is 440 g/mol. The maximum atomic E-state index is 11.3. The Morgan fingerprint density at radius 1 is 1.48 bits per heavy atom. The number of hydrogen-bond donors (Lipinski definition) is 1. The molecule has 2 aromatic rings. The fourth-order valence-electron chi connectivity index (χ4n) is 1.92. The first-order valence-corrected chi connectivity index (χ1v) is 8.11. The van der Waals surface area contributed by atoms with E-state index in [1.54, 1.807) is 18.2 Å². The summed E-state index contributed by atoms with van der Waals surface area (Å²) in [7, 11) is 0. The average Bonchev–Trinajstić information content (AvgIpc) is 2.41. The Balaban J connectivity index is 2.56. The lowest BCUT2D eigenvalue weighted by atomic mass is 10.2. The highest BCUT2D eigenvalue weighted by Crippen LogP contribution is 2.36. The zero-order valence-corrected chi connectivity index (χ0v) is 14.7. The summed E-state index contributed by atoms with van der Waals surface area (Å²) in [5.41, 5.74) is 0.474. The number of pyridine rings is 1. The van der Waals surface area contributed by atoms with Gasteiger partial charge in [-0.2, -0.15) is 0 Å². The molecule has 1 aromatic carbocycles. The molecule has 0 fully saturated rings. The normalized spacial score (nSPS) is 12.4. The number of aromatic nitrogens is 1. The molecule has 1 aromatic heterocycles. The summed E-state index contributed by atoms with van der Waals surface area (Å²) in [5, 5.41) is 10.7. The lowest BCUT2D eigenvalue weighted by Gasteiger charge is -2.17. The third-order valence-electron chi connectivity index (χ3n) is 2.89. The van der Waals surface area contributed by atoms with Crippen molar-refractivity contribution in [3.05, 3.63) is 31.9 Å². The number of nitrogens with zero attached hydrogens (tertiary/aromatic N) is 1. The summed E-state index contributed by atoms with van der Waals surface area (Å²) in [6.45, 7) is 1.90. The van der Waals surface area contributed by atoms with Crippen LogP contribution < -0.4 is 4.74 Å². The van der Waals surface area contributed by atoms with E-state index >= 15 is 0 Å².